The zero-order chi connectivity index (χ0) is 19.4. The molecular weight excluding hydrogens is 376 g/mol. The van der Waals surface area contributed by atoms with Gasteiger partial charge in [0.05, 0.1) is 11.7 Å². The summed E-state index contributed by atoms with van der Waals surface area (Å²) in [5.41, 5.74) is 10.3. The predicted octanol–water partition coefficient (Wildman–Crippen LogP) is 2.80. The highest BCUT2D eigenvalue weighted by Crippen LogP contribution is 2.68. The Hall–Kier alpha value is -0.850. The van der Waals surface area contributed by atoms with Crippen molar-refractivity contribution in [3.63, 3.8) is 0 Å². The van der Waals surface area contributed by atoms with E-state index in [9.17, 15) is 10.2 Å². The first-order chi connectivity index (χ1) is 12.7. The maximum atomic E-state index is 12.0. The van der Waals surface area contributed by atoms with Crippen LogP contribution >= 0.6 is 12.4 Å². The van der Waals surface area contributed by atoms with E-state index < -0.39 is 5.60 Å². The third-order valence-electron chi connectivity index (χ3n) is 9.32. The molecule has 4 fully saturated rings. The highest BCUT2D eigenvalue weighted by atomic mass is 35.5. The Labute approximate surface area is 174 Å². The van der Waals surface area contributed by atoms with E-state index in [-0.39, 0.29) is 41.2 Å². The molecule has 0 unspecified atom stereocenters. The van der Waals surface area contributed by atoms with Gasteiger partial charge >= 0.3 is 0 Å². The molecule has 0 radical (unpaired) electrons. The fourth-order valence-corrected chi connectivity index (χ4v) is 7.66. The van der Waals surface area contributed by atoms with Gasteiger partial charge in [0.2, 0.25) is 5.96 Å². The SMILES string of the molecule is C[C@]12CC[C@H](O)C[C@H]1CC[C@@H]1[C@@H]2CC[C@]2(C)[C@@H](/C=N\N=C(N)N)CC[C@]12O.Cl. The highest BCUT2D eigenvalue weighted by molar-refractivity contribution is 5.85. The molecule has 4 aliphatic rings. The van der Waals surface area contributed by atoms with Crippen LogP contribution in [0.1, 0.15) is 71.6 Å². The number of halogens is 1. The van der Waals surface area contributed by atoms with Gasteiger partial charge in [0.1, 0.15) is 0 Å². The van der Waals surface area contributed by atoms with Crippen molar-refractivity contribution >= 4 is 24.6 Å². The molecule has 8 atom stereocenters. The molecule has 6 nitrogen and oxygen atoms in total. The van der Waals surface area contributed by atoms with Gasteiger partial charge in [0.25, 0.3) is 0 Å². The average Bonchev–Trinajstić information content (AvgIpc) is 2.87. The Bertz CT molecular complexity index is 654. The van der Waals surface area contributed by atoms with Crippen molar-refractivity contribution in [2.75, 3.05) is 0 Å². The molecule has 7 heteroatoms. The maximum Gasteiger partial charge on any atom is 0.211 e. The summed E-state index contributed by atoms with van der Waals surface area (Å²) in [5, 5.41) is 30.0. The molecule has 28 heavy (non-hydrogen) atoms. The number of guanidine groups is 1. The Morgan fingerprint density at radius 3 is 2.46 bits per heavy atom. The topological polar surface area (TPSA) is 117 Å². The van der Waals surface area contributed by atoms with Gasteiger partial charge in [0.15, 0.2) is 0 Å². The predicted molar refractivity (Wildman–Crippen MR) is 114 cm³/mol. The Kier molecular flexibility index (Phi) is 5.81. The quantitative estimate of drug-likeness (QED) is 0.317. The Morgan fingerprint density at radius 2 is 1.75 bits per heavy atom. The van der Waals surface area contributed by atoms with E-state index in [0.29, 0.717) is 17.8 Å². The van der Waals surface area contributed by atoms with E-state index in [4.69, 9.17) is 11.5 Å². The summed E-state index contributed by atoms with van der Waals surface area (Å²) in [7, 11) is 0. The van der Waals surface area contributed by atoms with E-state index in [1.54, 1.807) is 0 Å². The fourth-order valence-electron chi connectivity index (χ4n) is 7.66. The van der Waals surface area contributed by atoms with Crippen LogP contribution in [0.3, 0.4) is 0 Å². The fraction of sp³-hybridized carbons (Fsp3) is 0.905. The molecule has 6 N–H and O–H groups in total. The van der Waals surface area contributed by atoms with Gasteiger partial charge < -0.3 is 21.7 Å². The molecule has 0 aliphatic heterocycles. The van der Waals surface area contributed by atoms with E-state index in [1.807, 2.05) is 6.21 Å². The van der Waals surface area contributed by atoms with Crippen molar-refractivity contribution < 1.29 is 10.2 Å². The van der Waals surface area contributed by atoms with E-state index >= 15 is 0 Å². The van der Waals surface area contributed by atoms with E-state index in [2.05, 4.69) is 24.1 Å². The lowest BCUT2D eigenvalue weighted by Gasteiger charge is -2.63. The van der Waals surface area contributed by atoms with Gasteiger partial charge in [0, 0.05) is 17.5 Å². The number of nitrogens with zero attached hydrogens (tertiary/aromatic N) is 2. The second-order valence-electron chi connectivity index (χ2n) is 10.2. The van der Waals surface area contributed by atoms with Crippen LogP contribution in [0.2, 0.25) is 0 Å². The van der Waals surface area contributed by atoms with E-state index in [1.165, 1.54) is 6.42 Å². The minimum atomic E-state index is -0.630. The first-order valence-electron chi connectivity index (χ1n) is 10.7. The Balaban J connectivity index is 0.00000225. The van der Waals surface area contributed by atoms with Crippen LogP contribution in [0.5, 0.6) is 0 Å². The zero-order valence-electron chi connectivity index (χ0n) is 17.2. The summed E-state index contributed by atoms with van der Waals surface area (Å²) >= 11 is 0. The molecule has 160 valence electrons. The molecule has 4 aliphatic carbocycles. The summed E-state index contributed by atoms with van der Waals surface area (Å²) in [6.07, 6.45) is 10.9. The van der Waals surface area contributed by atoms with Crippen molar-refractivity contribution in [3.8, 4) is 0 Å². The largest absolute Gasteiger partial charge is 0.393 e. The number of aliphatic hydroxyl groups is 2. The number of hydrogen-bond acceptors (Lipinski definition) is 4. The van der Waals surface area contributed by atoms with Gasteiger partial charge in [-0.3, -0.25) is 0 Å². The second-order valence-corrected chi connectivity index (χ2v) is 10.2. The van der Waals surface area contributed by atoms with Gasteiger partial charge in [-0.25, -0.2) is 0 Å². The molecule has 0 bridgehead atoms. The summed E-state index contributed by atoms with van der Waals surface area (Å²) in [4.78, 5) is 0. The molecule has 0 saturated heterocycles. The molecule has 4 saturated carbocycles. The van der Waals surface area contributed by atoms with Gasteiger partial charge in [-0.15, -0.1) is 17.5 Å². The minimum Gasteiger partial charge on any atom is -0.393 e. The van der Waals surface area contributed by atoms with Crippen LogP contribution in [0, 0.1) is 34.5 Å². The lowest BCUT2D eigenvalue weighted by atomic mass is 9.43. The lowest BCUT2D eigenvalue weighted by Crippen LogP contribution is -2.62. The smallest absolute Gasteiger partial charge is 0.211 e. The van der Waals surface area contributed by atoms with Crippen molar-refractivity contribution in [3.05, 3.63) is 0 Å². The van der Waals surface area contributed by atoms with Gasteiger partial charge in [-0.1, -0.05) is 13.8 Å². The normalized spacial score (nSPS) is 50.2. The summed E-state index contributed by atoms with van der Waals surface area (Å²) in [6.45, 7) is 4.69. The van der Waals surface area contributed by atoms with Crippen LogP contribution < -0.4 is 11.5 Å². The number of fused-ring (bicyclic) bond motifs is 5. The minimum absolute atomic E-state index is 0. The Morgan fingerprint density at radius 1 is 1.00 bits per heavy atom. The molecular formula is C21H37ClN4O2. The van der Waals surface area contributed by atoms with Crippen LogP contribution in [-0.4, -0.2) is 34.1 Å². The van der Waals surface area contributed by atoms with E-state index in [0.717, 1.165) is 51.4 Å². The molecule has 0 heterocycles. The molecule has 0 aromatic rings. The van der Waals surface area contributed by atoms with Gasteiger partial charge in [-0.2, -0.15) is 5.10 Å². The van der Waals surface area contributed by atoms with Crippen LogP contribution in [-0.2, 0) is 0 Å². The highest BCUT2D eigenvalue weighted by Gasteiger charge is 2.66. The average molecular weight is 413 g/mol. The molecule has 0 spiro atoms. The first kappa shape index (κ1) is 21.8. The number of nitrogens with two attached hydrogens (primary N) is 2. The monoisotopic (exact) mass is 412 g/mol. The van der Waals surface area contributed by atoms with Crippen LogP contribution in [0.15, 0.2) is 10.2 Å². The zero-order valence-corrected chi connectivity index (χ0v) is 18.0. The van der Waals surface area contributed by atoms with Crippen molar-refractivity contribution in [2.24, 2.45) is 56.2 Å². The maximum absolute atomic E-state index is 12.0. The molecule has 0 amide bonds. The summed E-state index contributed by atoms with van der Waals surface area (Å²) < 4.78 is 0. The van der Waals surface area contributed by atoms with Crippen molar-refractivity contribution in [1.82, 2.24) is 0 Å². The van der Waals surface area contributed by atoms with Crippen molar-refractivity contribution in [2.45, 2.75) is 83.3 Å². The third-order valence-corrected chi connectivity index (χ3v) is 9.32. The standard InChI is InChI=1S/C21H36N4O2.ClH/c1-19-8-6-15(26)11-13(19)3-4-17-16(19)7-9-20(2)14(5-10-21(17,20)27)12-24-25-18(22)23;/h12-17,26-27H,3-11H2,1-2H3,(H4,22,23,25);1H/b24-12-;/t13-,14-,15+,16+,17-,19+,20-,21+;/m1./s1. The lowest BCUT2D eigenvalue weighted by molar-refractivity contribution is -0.206. The number of hydrogen-bond donors (Lipinski definition) is 4. The number of rotatable bonds is 2. The third kappa shape index (κ3) is 3.07. The van der Waals surface area contributed by atoms with Crippen LogP contribution in [0.25, 0.3) is 0 Å². The second kappa shape index (κ2) is 7.44. The van der Waals surface area contributed by atoms with Gasteiger partial charge in [-0.05, 0) is 81.0 Å². The first-order valence-corrected chi connectivity index (χ1v) is 10.7. The summed E-state index contributed by atoms with van der Waals surface area (Å²) in [6, 6.07) is 0. The summed E-state index contributed by atoms with van der Waals surface area (Å²) in [5.74, 6) is 1.71. The molecule has 0 aromatic heterocycles. The number of aliphatic hydroxyl groups excluding tert-OH is 1. The van der Waals surface area contributed by atoms with Crippen LogP contribution in [0.4, 0.5) is 0 Å². The van der Waals surface area contributed by atoms with Crippen molar-refractivity contribution in [1.29, 1.82) is 0 Å². The molecule has 0 aromatic carbocycles. The molecule has 4 rings (SSSR count).